The number of ether oxygens (including phenoxy) is 2. The fraction of sp³-hybridized carbons (Fsp3) is 0.276. The molecule has 0 radical (unpaired) electrons. The summed E-state index contributed by atoms with van der Waals surface area (Å²) in [5.74, 6) is -0.722. The first-order valence-corrected chi connectivity index (χ1v) is 12.1. The highest BCUT2D eigenvalue weighted by molar-refractivity contribution is 6.00. The first kappa shape index (κ1) is 25.9. The Kier molecular flexibility index (Phi) is 7.86. The number of rotatable bonds is 8. The molecule has 1 aliphatic heterocycles. The lowest BCUT2D eigenvalue weighted by Crippen LogP contribution is -2.28. The van der Waals surface area contributed by atoms with Gasteiger partial charge in [-0.2, -0.15) is 0 Å². The van der Waals surface area contributed by atoms with Crippen molar-refractivity contribution in [2.24, 2.45) is 5.92 Å². The zero-order valence-electron chi connectivity index (χ0n) is 21.0. The van der Waals surface area contributed by atoms with Gasteiger partial charge in [-0.25, -0.2) is 4.39 Å². The van der Waals surface area contributed by atoms with Gasteiger partial charge in [-0.1, -0.05) is 26.0 Å². The van der Waals surface area contributed by atoms with Crippen molar-refractivity contribution in [3.63, 3.8) is 0 Å². The number of anilines is 2. The molecule has 1 fully saturated rings. The molecule has 1 N–H and O–H groups in total. The van der Waals surface area contributed by atoms with E-state index in [4.69, 9.17) is 9.47 Å². The molecular weight excluding hydrogens is 475 g/mol. The van der Waals surface area contributed by atoms with Crippen LogP contribution in [0.15, 0.2) is 66.7 Å². The van der Waals surface area contributed by atoms with E-state index in [1.165, 1.54) is 29.2 Å². The van der Waals surface area contributed by atoms with E-state index >= 15 is 0 Å². The molecule has 2 amide bonds. The third kappa shape index (κ3) is 6.52. The first-order chi connectivity index (χ1) is 17.7. The van der Waals surface area contributed by atoms with Crippen molar-refractivity contribution in [3.8, 4) is 11.5 Å². The summed E-state index contributed by atoms with van der Waals surface area (Å²) in [5.41, 5.74) is 3.25. The number of aryl methyl sites for hydroxylation is 1. The molecule has 0 aromatic heterocycles. The van der Waals surface area contributed by atoms with Crippen LogP contribution in [0.4, 0.5) is 15.8 Å². The number of amides is 2. The number of esters is 1. The molecule has 1 saturated heterocycles. The Balaban J connectivity index is 1.32. The van der Waals surface area contributed by atoms with E-state index in [0.29, 0.717) is 23.0 Å². The Morgan fingerprint density at radius 3 is 2.43 bits per heavy atom. The predicted molar refractivity (Wildman–Crippen MR) is 138 cm³/mol. The van der Waals surface area contributed by atoms with Crippen molar-refractivity contribution in [2.75, 3.05) is 23.4 Å². The highest BCUT2D eigenvalue weighted by Gasteiger charge is 2.36. The van der Waals surface area contributed by atoms with Gasteiger partial charge in [0.1, 0.15) is 17.3 Å². The first-order valence-electron chi connectivity index (χ1n) is 12.1. The Hall–Kier alpha value is -4.20. The predicted octanol–water partition coefficient (Wildman–Crippen LogP) is 5.58. The van der Waals surface area contributed by atoms with Gasteiger partial charge in [-0.05, 0) is 78.6 Å². The summed E-state index contributed by atoms with van der Waals surface area (Å²) in [7, 11) is 0. The number of nitrogens with one attached hydrogen (secondary N) is 1. The molecule has 0 saturated carbocycles. The molecule has 3 aromatic carbocycles. The third-order valence-electron chi connectivity index (χ3n) is 6.10. The smallest absolute Gasteiger partial charge is 0.311 e. The third-order valence-corrected chi connectivity index (χ3v) is 6.10. The number of benzene rings is 3. The van der Waals surface area contributed by atoms with Gasteiger partial charge in [-0.15, -0.1) is 0 Å². The second kappa shape index (κ2) is 11.2. The van der Waals surface area contributed by atoms with Crippen LogP contribution in [0.2, 0.25) is 0 Å². The molecule has 7 nitrogen and oxygen atoms in total. The van der Waals surface area contributed by atoms with Crippen LogP contribution in [0.1, 0.15) is 37.3 Å². The minimum Gasteiger partial charge on any atom is -0.457 e. The highest BCUT2D eigenvalue weighted by Crippen LogP contribution is 2.33. The normalized spacial score (nSPS) is 15.1. The molecule has 1 heterocycles. The molecule has 0 aliphatic carbocycles. The zero-order chi connectivity index (χ0) is 26.5. The standard InChI is InChI=1S/C29H29FN2O5/c1-18(2)25-13-4-19(3)14-26(25)37-24-11-9-23(10-12-24)32-16-20(15-28(32)34)29(35)36-17-27(33)31-22-7-5-21(30)6-8-22/h4-14,18,20H,15-17H2,1-3H3,(H,31,33)/t20-/m1/s1. The van der Waals surface area contributed by atoms with Gasteiger partial charge in [0.15, 0.2) is 6.61 Å². The number of hydrogen-bond donors (Lipinski definition) is 1. The Morgan fingerprint density at radius 2 is 1.76 bits per heavy atom. The molecule has 0 spiro atoms. The minimum absolute atomic E-state index is 0.00228. The van der Waals surface area contributed by atoms with Crippen LogP contribution >= 0.6 is 0 Å². The molecule has 0 bridgehead atoms. The van der Waals surface area contributed by atoms with Gasteiger partial charge in [0.25, 0.3) is 5.91 Å². The van der Waals surface area contributed by atoms with E-state index in [1.807, 2.05) is 13.0 Å². The summed E-state index contributed by atoms with van der Waals surface area (Å²) in [4.78, 5) is 38.7. The number of hydrogen-bond acceptors (Lipinski definition) is 5. The summed E-state index contributed by atoms with van der Waals surface area (Å²) in [6.07, 6.45) is -0.00228. The van der Waals surface area contributed by atoms with Crippen LogP contribution in [-0.2, 0) is 19.1 Å². The van der Waals surface area contributed by atoms with E-state index in [-0.39, 0.29) is 18.9 Å². The summed E-state index contributed by atoms with van der Waals surface area (Å²) in [6.45, 7) is 5.90. The fourth-order valence-electron chi connectivity index (χ4n) is 4.13. The average Bonchev–Trinajstić information content (AvgIpc) is 3.26. The summed E-state index contributed by atoms with van der Waals surface area (Å²) in [6, 6.07) is 18.5. The van der Waals surface area contributed by atoms with E-state index in [9.17, 15) is 18.8 Å². The van der Waals surface area contributed by atoms with Crippen LogP contribution in [0, 0.1) is 18.7 Å². The largest absolute Gasteiger partial charge is 0.457 e. The van der Waals surface area contributed by atoms with Gasteiger partial charge >= 0.3 is 5.97 Å². The molecule has 8 heteroatoms. The summed E-state index contributed by atoms with van der Waals surface area (Å²) in [5, 5.41) is 2.52. The summed E-state index contributed by atoms with van der Waals surface area (Å²) >= 11 is 0. The zero-order valence-corrected chi connectivity index (χ0v) is 21.0. The second-order valence-corrected chi connectivity index (χ2v) is 9.36. The molecule has 4 rings (SSSR count). The number of carbonyl (C=O) groups is 3. The van der Waals surface area contributed by atoms with Crippen LogP contribution in [0.25, 0.3) is 0 Å². The van der Waals surface area contributed by atoms with Crippen LogP contribution in [0.3, 0.4) is 0 Å². The molecule has 0 unspecified atom stereocenters. The molecule has 3 aromatic rings. The maximum Gasteiger partial charge on any atom is 0.311 e. The van der Waals surface area contributed by atoms with Gasteiger partial charge < -0.3 is 19.7 Å². The monoisotopic (exact) mass is 504 g/mol. The summed E-state index contributed by atoms with van der Waals surface area (Å²) < 4.78 is 24.2. The maximum atomic E-state index is 13.0. The Labute approximate surface area is 215 Å². The minimum atomic E-state index is -0.678. The van der Waals surface area contributed by atoms with Crippen molar-refractivity contribution in [1.29, 1.82) is 0 Å². The van der Waals surface area contributed by atoms with E-state index in [0.717, 1.165) is 16.9 Å². The topological polar surface area (TPSA) is 84.9 Å². The number of halogens is 1. The van der Waals surface area contributed by atoms with Crippen LogP contribution in [-0.4, -0.2) is 30.9 Å². The quantitative estimate of drug-likeness (QED) is 0.405. The van der Waals surface area contributed by atoms with Gasteiger partial charge in [0, 0.05) is 24.3 Å². The van der Waals surface area contributed by atoms with E-state index in [2.05, 4.69) is 31.3 Å². The number of nitrogens with zero attached hydrogens (tertiary/aromatic N) is 1. The SMILES string of the molecule is Cc1ccc(C(C)C)c(Oc2ccc(N3C[C@H](C(=O)OCC(=O)Nc4ccc(F)cc4)CC3=O)cc2)c1. The number of carbonyl (C=O) groups excluding carboxylic acids is 3. The molecule has 1 atom stereocenters. The van der Waals surface area contributed by atoms with E-state index < -0.39 is 30.2 Å². The Morgan fingerprint density at radius 1 is 1.05 bits per heavy atom. The van der Waals surface area contributed by atoms with Crippen molar-refractivity contribution in [1.82, 2.24) is 0 Å². The molecule has 37 heavy (non-hydrogen) atoms. The van der Waals surface area contributed by atoms with Crippen molar-refractivity contribution in [2.45, 2.75) is 33.1 Å². The lowest BCUT2D eigenvalue weighted by atomic mass is 10.0. The van der Waals surface area contributed by atoms with Gasteiger partial charge in [0.05, 0.1) is 5.92 Å². The van der Waals surface area contributed by atoms with Gasteiger partial charge in [-0.3, -0.25) is 14.4 Å². The highest BCUT2D eigenvalue weighted by atomic mass is 19.1. The van der Waals surface area contributed by atoms with Gasteiger partial charge in [0.2, 0.25) is 5.91 Å². The fourth-order valence-corrected chi connectivity index (χ4v) is 4.13. The maximum absolute atomic E-state index is 13.0. The second-order valence-electron chi connectivity index (χ2n) is 9.36. The van der Waals surface area contributed by atoms with Crippen LogP contribution < -0.4 is 15.0 Å². The average molecular weight is 505 g/mol. The molecule has 192 valence electrons. The molecular formula is C29H29FN2O5. The van der Waals surface area contributed by atoms with Crippen molar-refractivity contribution < 1.29 is 28.2 Å². The van der Waals surface area contributed by atoms with E-state index in [1.54, 1.807) is 24.3 Å². The van der Waals surface area contributed by atoms with Crippen molar-refractivity contribution in [3.05, 3.63) is 83.7 Å². The van der Waals surface area contributed by atoms with Crippen LogP contribution in [0.5, 0.6) is 11.5 Å². The lowest BCUT2D eigenvalue weighted by molar-refractivity contribution is -0.151. The molecule has 1 aliphatic rings. The van der Waals surface area contributed by atoms with Crippen molar-refractivity contribution >= 4 is 29.2 Å². The Bertz CT molecular complexity index is 1290. The lowest BCUT2D eigenvalue weighted by Gasteiger charge is -2.18.